The molecular formula is C9H11N3O3. The van der Waals surface area contributed by atoms with Gasteiger partial charge in [0.25, 0.3) is 0 Å². The van der Waals surface area contributed by atoms with Crippen molar-refractivity contribution in [1.29, 1.82) is 0 Å². The lowest BCUT2D eigenvalue weighted by Crippen LogP contribution is -2.14. The molecule has 1 saturated carbocycles. The van der Waals surface area contributed by atoms with Crippen molar-refractivity contribution in [2.24, 2.45) is 11.8 Å². The van der Waals surface area contributed by atoms with Crippen molar-refractivity contribution in [2.45, 2.75) is 13.3 Å². The first-order valence-electron chi connectivity index (χ1n) is 4.67. The summed E-state index contributed by atoms with van der Waals surface area (Å²) in [5, 5.41) is 17.2. The van der Waals surface area contributed by atoms with Crippen molar-refractivity contribution in [1.82, 2.24) is 10.2 Å². The van der Waals surface area contributed by atoms with Gasteiger partial charge < -0.3 is 10.4 Å². The van der Waals surface area contributed by atoms with Crippen molar-refractivity contribution in [3.8, 4) is 0 Å². The van der Waals surface area contributed by atoms with Gasteiger partial charge >= 0.3 is 5.97 Å². The normalized spacial score (nSPS) is 23.5. The molecule has 2 unspecified atom stereocenters. The molecule has 1 heterocycles. The predicted octanol–water partition coefficient (Wildman–Crippen LogP) is 0.702. The topological polar surface area (TPSA) is 95.1 Å². The molecule has 2 rings (SSSR count). The number of rotatable bonds is 3. The number of hydrogen-bond donors (Lipinski definition) is 3. The minimum absolute atomic E-state index is 0.0332. The van der Waals surface area contributed by atoms with Crippen molar-refractivity contribution < 1.29 is 14.7 Å². The average molecular weight is 209 g/mol. The van der Waals surface area contributed by atoms with Crippen LogP contribution in [0.4, 0.5) is 5.82 Å². The highest BCUT2D eigenvalue weighted by Crippen LogP contribution is 2.38. The average Bonchev–Trinajstić information content (AvgIpc) is 2.73. The number of nitrogens with zero attached hydrogens (tertiary/aromatic N) is 1. The Balaban J connectivity index is 1.98. The summed E-state index contributed by atoms with van der Waals surface area (Å²) >= 11 is 0. The fraction of sp³-hybridized carbons (Fsp3) is 0.444. The molecule has 6 nitrogen and oxygen atoms in total. The molecule has 1 fully saturated rings. The Morgan fingerprint density at radius 2 is 2.33 bits per heavy atom. The number of carboxylic acids is 1. The van der Waals surface area contributed by atoms with Gasteiger partial charge in [0, 0.05) is 12.0 Å². The van der Waals surface area contributed by atoms with Crippen molar-refractivity contribution in [3.05, 3.63) is 11.8 Å². The molecule has 1 aliphatic rings. The molecule has 0 saturated heterocycles. The number of amides is 1. The largest absolute Gasteiger partial charge is 0.477 e. The van der Waals surface area contributed by atoms with Crippen molar-refractivity contribution in [2.75, 3.05) is 5.32 Å². The number of hydrogen-bond acceptors (Lipinski definition) is 3. The molecular weight excluding hydrogens is 198 g/mol. The summed E-state index contributed by atoms with van der Waals surface area (Å²) in [6.07, 6.45) is 0.891. The zero-order chi connectivity index (χ0) is 11.0. The Kier molecular flexibility index (Phi) is 2.18. The number of carboxylic acid groups (broad SMARTS) is 1. The lowest BCUT2D eigenvalue weighted by atomic mass is 10.3. The lowest BCUT2D eigenvalue weighted by Gasteiger charge is -1.98. The van der Waals surface area contributed by atoms with Gasteiger partial charge in [0.05, 0.1) is 0 Å². The Morgan fingerprint density at radius 3 is 2.80 bits per heavy atom. The van der Waals surface area contributed by atoms with Crippen molar-refractivity contribution >= 4 is 17.7 Å². The number of nitrogens with one attached hydrogen (secondary N) is 2. The Morgan fingerprint density at radius 1 is 1.67 bits per heavy atom. The van der Waals surface area contributed by atoms with Crippen LogP contribution in [0.25, 0.3) is 0 Å². The van der Waals surface area contributed by atoms with E-state index in [0.717, 1.165) is 6.42 Å². The molecule has 1 aliphatic carbocycles. The summed E-state index contributed by atoms with van der Waals surface area (Å²) in [7, 11) is 0. The molecule has 0 aromatic carbocycles. The predicted molar refractivity (Wildman–Crippen MR) is 51.4 cm³/mol. The Labute approximate surface area is 85.7 Å². The van der Waals surface area contributed by atoms with Gasteiger partial charge in [-0.15, -0.1) is 0 Å². The summed E-state index contributed by atoms with van der Waals surface area (Å²) in [6, 6.07) is 1.30. The zero-order valence-corrected chi connectivity index (χ0v) is 8.15. The monoisotopic (exact) mass is 209 g/mol. The maximum Gasteiger partial charge on any atom is 0.353 e. The third-order valence-electron chi connectivity index (χ3n) is 2.51. The van der Waals surface area contributed by atoms with E-state index in [1.165, 1.54) is 6.07 Å². The molecule has 0 radical (unpaired) electrons. The van der Waals surface area contributed by atoms with Gasteiger partial charge in [0.1, 0.15) is 5.69 Å². The number of aromatic amines is 1. The van der Waals surface area contributed by atoms with E-state index < -0.39 is 5.97 Å². The van der Waals surface area contributed by atoms with Crippen LogP contribution in [-0.2, 0) is 4.79 Å². The molecule has 1 amide bonds. The van der Waals surface area contributed by atoms with E-state index in [1.54, 1.807) is 0 Å². The van der Waals surface area contributed by atoms with Gasteiger partial charge in [-0.3, -0.25) is 9.89 Å². The first-order chi connectivity index (χ1) is 7.08. The van der Waals surface area contributed by atoms with Gasteiger partial charge in [-0.1, -0.05) is 6.92 Å². The maximum atomic E-state index is 11.5. The van der Waals surface area contributed by atoms with Crippen LogP contribution in [0.15, 0.2) is 6.07 Å². The first-order valence-corrected chi connectivity index (χ1v) is 4.67. The van der Waals surface area contributed by atoms with Crippen LogP contribution in [0.2, 0.25) is 0 Å². The summed E-state index contributed by atoms with van der Waals surface area (Å²) in [6.45, 7) is 2.00. The highest BCUT2D eigenvalue weighted by Gasteiger charge is 2.39. The highest BCUT2D eigenvalue weighted by atomic mass is 16.4. The number of H-pyrrole nitrogens is 1. The molecule has 0 aliphatic heterocycles. The first kappa shape index (κ1) is 9.70. The van der Waals surface area contributed by atoms with E-state index >= 15 is 0 Å². The summed E-state index contributed by atoms with van der Waals surface area (Å²) < 4.78 is 0. The van der Waals surface area contributed by atoms with Crippen LogP contribution in [0, 0.1) is 11.8 Å². The molecule has 80 valence electrons. The lowest BCUT2D eigenvalue weighted by molar-refractivity contribution is -0.117. The van der Waals surface area contributed by atoms with Gasteiger partial charge in [-0.2, -0.15) is 5.10 Å². The summed E-state index contributed by atoms with van der Waals surface area (Å²) in [4.78, 5) is 22.0. The van der Waals surface area contributed by atoms with E-state index in [9.17, 15) is 9.59 Å². The van der Waals surface area contributed by atoms with Gasteiger partial charge in [0.15, 0.2) is 5.82 Å². The van der Waals surface area contributed by atoms with Crippen LogP contribution in [0.1, 0.15) is 23.8 Å². The number of anilines is 1. The van der Waals surface area contributed by atoms with Gasteiger partial charge in [-0.25, -0.2) is 4.79 Å². The van der Waals surface area contributed by atoms with E-state index in [0.29, 0.717) is 5.92 Å². The number of aromatic nitrogens is 2. The summed E-state index contributed by atoms with van der Waals surface area (Å²) in [5.74, 6) is -0.455. The SMILES string of the molecule is CC1CC1C(=O)Nc1cc(C(=O)O)[nH]n1. The number of carbonyl (C=O) groups excluding carboxylic acids is 1. The second-order valence-corrected chi connectivity index (χ2v) is 3.78. The fourth-order valence-electron chi connectivity index (χ4n) is 1.40. The minimum Gasteiger partial charge on any atom is -0.477 e. The third-order valence-corrected chi connectivity index (χ3v) is 2.51. The second-order valence-electron chi connectivity index (χ2n) is 3.78. The number of aromatic carboxylic acids is 1. The molecule has 0 spiro atoms. The van der Waals surface area contributed by atoms with E-state index in [-0.39, 0.29) is 23.3 Å². The molecule has 15 heavy (non-hydrogen) atoms. The molecule has 0 bridgehead atoms. The number of carbonyl (C=O) groups is 2. The van der Waals surface area contributed by atoms with Crippen LogP contribution in [-0.4, -0.2) is 27.2 Å². The molecule has 2 atom stereocenters. The molecule has 6 heteroatoms. The van der Waals surface area contributed by atoms with E-state index in [1.807, 2.05) is 6.92 Å². The van der Waals surface area contributed by atoms with Gasteiger partial charge in [-0.05, 0) is 12.3 Å². The van der Waals surface area contributed by atoms with E-state index in [4.69, 9.17) is 5.11 Å². The third kappa shape index (κ3) is 1.98. The Hall–Kier alpha value is -1.85. The highest BCUT2D eigenvalue weighted by molar-refractivity contribution is 5.94. The quantitative estimate of drug-likeness (QED) is 0.682. The Bertz CT molecular complexity index is 412. The molecule has 1 aromatic heterocycles. The van der Waals surface area contributed by atoms with Crippen LogP contribution >= 0.6 is 0 Å². The standard InChI is InChI=1S/C9H11N3O3/c1-4-2-5(4)8(13)10-7-3-6(9(14)15)11-12-7/h3-5H,2H2,1H3,(H,14,15)(H2,10,11,12,13). The fourth-order valence-corrected chi connectivity index (χ4v) is 1.40. The van der Waals surface area contributed by atoms with E-state index in [2.05, 4.69) is 15.5 Å². The smallest absolute Gasteiger partial charge is 0.353 e. The van der Waals surface area contributed by atoms with Crippen molar-refractivity contribution in [3.63, 3.8) is 0 Å². The van der Waals surface area contributed by atoms with Crippen LogP contribution in [0.5, 0.6) is 0 Å². The minimum atomic E-state index is -1.09. The molecule has 1 aromatic rings. The second kappa shape index (κ2) is 3.38. The van der Waals surface area contributed by atoms with Crippen LogP contribution in [0.3, 0.4) is 0 Å². The van der Waals surface area contributed by atoms with Crippen LogP contribution < -0.4 is 5.32 Å². The maximum absolute atomic E-state index is 11.5. The van der Waals surface area contributed by atoms with Gasteiger partial charge in [0.2, 0.25) is 5.91 Å². The molecule has 3 N–H and O–H groups in total. The summed E-state index contributed by atoms with van der Waals surface area (Å²) in [5.41, 5.74) is -0.0332. The zero-order valence-electron chi connectivity index (χ0n) is 8.15.